The number of aliphatic carboxylic acids is 1. The smallest absolute Gasteiger partial charge is 0.310 e. The van der Waals surface area contributed by atoms with E-state index in [-0.39, 0.29) is 5.41 Å². The summed E-state index contributed by atoms with van der Waals surface area (Å²) in [6.45, 7) is 4.68. The number of rotatable bonds is 6. The molecule has 0 aromatic carbocycles. The fraction of sp³-hybridized carbons (Fsp3) is 0.958. The van der Waals surface area contributed by atoms with Crippen LogP contribution in [0, 0.1) is 22.2 Å². The van der Waals surface area contributed by atoms with E-state index in [1.807, 2.05) is 0 Å². The topological polar surface area (TPSA) is 37.3 Å². The Labute approximate surface area is 161 Å². The van der Waals surface area contributed by atoms with Gasteiger partial charge in [0.05, 0.1) is 5.41 Å². The quantitative estimate of drug-likeness (QED) is 0.536. The molecule has 3 saturated carbocycles. The molecule has 0 unspecified atom stereocenters. The second-order valence-corrected chi connectivity index (χ2v) is 10.0. The molecular formula is C24H42O2. The van der Waals surface area contributed by atoms with Gasteiger partial charge in [0, 0.05) is 0 Å². The average molecular weight is 363 g/mol. The monoisotopic (exact) mass is 362 g/mol. The normalized spacial score (nSPS) is 35.9. The Balaban J connectivity index is 1.84. The van der Waals surface area contributed by atoms with Crippen molar-refractivity contribution in [3.63, 3.8) is 0 Å². The summed E-state index contributed by atoms with van der Waals surface area (Å²) in [4.78, 5) is 12.6. The van der Waals surface area contributed by atoms with Gasteiger partial charge in [-0.05, 0) is 74.5 Å². The first-order valence-corrected chi connectivity index (χ1v) is 11.8. The lowest BCUT2D eigenvalue weighted by molar-refractivity contribution is -0.170. The van der Waals surface area contributed by atoms with Crippen molar-refractivity contribution in [2.75, 3.05) is 0 Å². The minimum atomic E-state index is -0.465. The molecule has 3 rings (SSSR count). The summed E-state index contributed by atoms with van der Waals surface area (Å²) in [6, 6.07) is 0. The minimum absolute atomic E-state index is 0.0708. The van der Waals surface area contributed by atoms with Gasteiger partial charge in [-0.25, -0.2) is 0 Å². The zero-order chi connectivity index (χ0) is 18.7. The molecule has 26 heavy (non-hydrogen) atoms. The third-order valence-corrected chi connectivity index (χ3v) is 9.24. The molecule has 3 aliphatic carbocycles. The number of hydrogen-bond acceptors (Lipinski definition) is 1. The molecule has 0 aromatic rings. The summed E-state index contributed by atoms with van der Waals surface area (Å²) in [5, 5.41) is 10.4. The minimum Gasteiger partial charge on any atom is -0.481 e. The Morgan fingerprint density at radius 3 is 1.92 bits per heavy atom. The summed E-state index contributed by atoms with van der Waals surface area (Å²) in [6.07, 6.45) is 21.0. The van der Waals surface area contributed by atoms with Gasteiger partial charge in [0.15, 0.2) is 0 Å². The molecule has 0 aromatic heterocycles. The van der Waals surface area contributed by atoms with Crippen molar-refractivity contribution in [2.45, 2.75) is 123 Å². The molecule has 0 bridgehead atoms. The van der Waals surface area contributed by atoms with Crippen molar-refractivity contribution >= 4 is 5.97 Å². The summed E-state index contributed by atoms with van der Waals surface area (Å²) < 4.78 is 0. The van der Waals surface area contributed by atoms with Crippen LogP contribution in [0.3, 0.4) is 0 Å². The van der Waals surface area contributed by atoms with E-state index in [4.69, 9.17) is 0 Å². The second-order valence-electron chi connectivity index (χ2n) is 10.0. The molecule has 2 heteroatoms. The molecule has 0 heterocycles. The number of carboxylic acid groups (broad SMARTS) is 1. The molecule has 2 nitrogen and oxygen atoms in total. The summed E-state index contributed by atoms with van der Waals surface area (Å²) >= 11 is 0. The standard InChI is InChI=1S/C24H42O2/c1-3-13-23(24(21(25)26)14-9-6-10-15-24)18-16-22(4-2,17-19-23)20-11-7-5-8-12-20/h20H,3-19H2,1-2H3,(H,25,26). The van der Waals surface area contributed by atoms with E-state index in [1.165, 1.54) is 70.6 Å². The van der Waals surface area contributed by atoms with Gasteiger partial charge in [-0.15, -0.1) is 0 Å². The molecule has 1 N–H and O–H groups in total. The van der Waals surface area contributed by atoms with Crippen molar-refractivity contribution in [2.24, 2.45) is 22.2 Å². The number of hydrogen-bond donors (Lipinski definition) is 1. The molecule has 0 amide bonds. The molecule has 0 aliphatic heterocycles. The maximum atomic E-state index is 12.6. The first kappa shape index (κ1) is 20.2. The van der Waals surface area contributed by atoms with Crippen LogP contribution in [0.2, 0.25) is 0 Å². The highest BCUT2D eigenvalue weighted by atomic mass is 16.4. The third-order valence-electron chi connectivity index (χ3n) is 9.24. The van der Waals surface area contributed by atoms with E-state index in [1.54, 1.807) is 0 Å². The van der Waals surface area contributed by atoms with E-state index < -0.39 is 11.4 Å². The molecule has 0 atom stereocenters. The average Bonchev–Trinajstić information content (AvgIpc) is 2.70. The highest BCUT2D eigenvalue weighted by molar-refractivity contribution is 5.76. The molecule has 150 valence electrons. The Morgan fingerprint density at radius 1 is 0.846 bits per heavy atom. The predicted molar refractivity (Wildman–Crippen MR) is 108 cm³/mol. The molecule has 0 radical (unpaired) electrons. The summed E-state index contributed by atoms with van der Waals surface area (Å²) in [5.41, 5.74) is 0.168. The largest absolute Gasteiger partial charge is 0.481 e. The van der Waals surface area contributed by atoms with Gasteiger partial charge in [-0.1, -0.05) is 65.2 Å². The molecule has 3 aliphatic rings. The Kier molecular flexibility index (Phi) is 6.40. The lowest BCUT2D eigenvalue weighted by Gasteiger charge is -2.57. The Hall–Kier alpha value is -0.530. The van der Waals surface area contributed by atoms with Crippen LogP contribution in [0.15, 0.2) is 0 Å². The van der Waals surface area contributed by atoms with Crippen LogP contribution < -0.4 is 0 Å². The van der Waals surface area contributed by atoms with Crippen LogP contribution in [0.25, 0.3) is 0 Å². The van der Waals surface area contributed by atoms with Crippen LogP contribution in [0.1, 0.15) is 123 Å². The van der Waals surface area contributed by atoms with Crippen molar-refractivity contribution in [1.29, 1.82) is 0 Å². The van der Waals surface area contributed by atoms with Gasteiger partial charge in [0.25, 0.3) is 0 Å². The Bertz CT molecular complexity index is 461. The fourth-order valence-corrected chi connectivity index (χ4v) is 7.56. The molecular weight excluding hydrogens is 320 g/mol. The summed E-state index contributed by atoms with van der Waals surface area (Å²) in [5.74, 6) is 0.445. The van der Waals surface area contributed by atoms with Crippen molar-refractivity contribution in [1.82, 2.24) is 0 Å². The van der Waals surface area contributed by atoms with Crippen LogP contribution in [0.5, 0.6) is 0 Å². The number of carboxylic acids is 1. The van der Waals surface area contributed by atoms with Gasteiger partial charge in [0.2, 0.25) is 0 Å². The van der Waals surface area contributed by atoms with Gasteiger partial charge in [0.1, 0.15) is 0 Å². The fourth-order valence-electron chi connectivity index (χ4n) is 7.56. The Morgan fingerprint density at radius 2 is 1.42 bits per heavy atom. The highest BCUT2D eigenvalue weighted by Gasteiger charge is 2.58. The maximum Gasteiger partial charge on any atom is 0.310 e. The predicted octanol–water partition coefficient (Wildman–Crippen LogP) is 7.36. The number of carbonyl (C=O) groups is 1. The van der Waals surface area contributed by atoms with Crippen LogP contribution in [-0.2, 0) is 4.79 Å². The van der Waals surface area contributed by atoms with Gasteiger partial charge >= 0.3 is 5.97 Å². The van der Waals surface area contributed by atoms with Crippen molar-refractivity contribution in [3.05, 3.63) is 0 Å². The van der Waals surface area contributed by atoms with E-state index in [0.717, 1.165) is 44.4 Å². The van der Waals surface area contributed by atoms with E-state index in [0.29, 0.717) is 5.41 Å². The molecule has 0 saturated heterocycles. The van der Waals surface area contributed by atoms with E-state index in [2.05, 4.69) is 13.8 Å². The highest BCUT2D eigenvalue weighted by Crippen LogP contribution is 2.64. The maximum absolute atomic E-state index is 12.6. The SMILES string of the molecule is CCCC1(C2(C(=O)O)CCCCC2)CCC(CC)(C2CCCCC2)CC1. The lowest BCUT2D eigenvalue weighted by atomic mass is 9.46. The third kappa shape index (κ3) is 3.35. The van der Waals surface area contributed by atoms with Crippen molar-refractivity contribution < 1.29 is 9.90 Å². The summed E-state index contributed by atoms with van der Waals surface area (Å²) in [7, 11) is 0. The second kappa shape index (κ2) is 8.23. The molecule has 0 spiro atoms. The van der Waals surface area contributed by atoms with Gasteiger partial charge in [-0.3, -0.25) is 4.79 Å². The van der Waals surface area contributed by atoms with E-state index >= 15 is 0 Å². The molecule has 3 fully saturated rings. The zero-order valence-electron chi connectivity index (χ0n) is 17.5. The first-order valence-electron chi connectivity index (χ1n) is 11.8. The van der Waals surface area contributed by atoms with Crippen molar-refractivity contribution in [3.8, 4) is 0 Å². The van der Waals surface area contributed by atoms with Crippen LogP contribution in [-0.4, -0.2) is 11.1 Å². The van der Waals surface area contributed by atoms with E-state index in [9.17, 15) is 9.90 Å². The zero-order valence-corrected chi connectivity index (χ0v) is 17.5. The van der Waals surface area contributed by atoms with Crippen LogP contribution in [0.4, 0.5) is 0 Å². The van der Waals surface area contributed by atoms with Gasteiger partial charge < -0.3 is 5.11 Å². The first-order chi connectivity index (χ1) is 12.5. The van der Waals surface area contributed by atoms with Crippen LogP contribution >= 0.6 is 0 Å². The van der Waals surface area contributed by atoms with Gasteiger partial charge in [-0.2, -0.15) is 0 Å². The lowest BCUT2D eigenvalue weighted by Crippen LogP contribution is -2.53.